The van der Waals surface area contributed by atoms with E-state index in [9.17, 15) is 0 Å². The van der Waals surface area contributed by atoms with Crippen molar-refractivity contribution in [3.8, 4) is 0 Å². The number of benzene rings is 2. The van der Waals surface area contributed by atoms with Crippen LogP contribution in [0.1, 0.15) is 23.6 Å². The fourth-order valence-corrected chi connectivity index (χ4v) is 2.34. The fraction of sp³-hybridized carbons (Fsp3) is 0.158. The number of aryl methyl sites for hydroxylation is 2. The van der Waals surface area contributed by atoms with Gasteiger partial charge in [0.1, 0.15) is 0 Å². The molecule has 0 unspecified atom stereocenters. The lowest BCUT2D eigenvalue weighted by molar-refractivity contribution is 1.37. The zero-order chi connectivity index (χ0) is 13.8. The first-order chi connectivity index (χ1) is 9.10. The first-order valence-electron chi connectivity index (χ1n) is 6.61. The van der Waals surface area contributed by atoms with Gasteiger partial charge in [-0.1, -0.05) is 66.2 Å². The van der Waals surface area contributed by atoms with Crippen LogP contribution in [-0.2, 0) is 0 Å². The molecule has 0 nitrogen and oxygen atoms in total. The largest absolute Gasteiger partial charge is 0.0911 e. The van der Waals surface area contributed by atoms with E-state index in [1.54, 1.807) is 0 Å². The number of rotatable bonds is 2. The molecular formula is C19H20. The van der Waals surface area contributed by atoms with Crippen molar-refractivity contribution >= 4 is 17.7 Å². The second kappa shape index (κ2) is 5.71. The average Bonchev–Trinajstić information content (AvgIpc) is 2.38. The zero-order valence-electron chi connectivity index (χ0n) is 11.9. The van der Waals surface area contributed by atoms with Gasteiger partial charge in [0.25, 0.3) is 0 Å². The molecule has 0 aromatic heterocycles. The van der Waals surface area contributed by atoms with Gasteiger partial charge in [0.05, 0.1) is 0 Å². The highest BCUT2D eigenvalue weighted by atomic mass is 14.0. The summed E-state index contributed by atoms with van der Waals surface area (Å²) in [6.45, 7) is 10.5. The Morgan fingerprint density at radius 1 is 0.947 bits per heavy atom. The molecule has 0 aliphatic heterocycles. The van der Waals surface area contributed by atoms with Gasteiger partial charge in [-0.2, -0.15) is 0 Å². The van der Waals surface area contributed by atoms with Gasteiger partial charge in [-0.25, -0.2) is 0 Å². The van der Waals surface area contributed by atoms with Crippen LogP contribution in [0, 0.1) is 13.8 Å². The molecule has 0 aliphatic carbocycles. The third-order valence-electron chi connectivity index (χ3n) is 3.23. The van der Waals surface area contributed by atoms with E-state index in [0.29, 0.717) is 0 Å². The van der Waals surface area contributed by atoms with Gasteiger partial charge < -0.3 is 0 Å². The summed E-state index contributed by atoms with van der Waals surface area (Å²) in [4.78, 5) is 0. The Labute approximate surface area is 115 Å². The molecule has 0 N–H and O–H groups in total. The minimum absolute atomic E-state index is 1.06. The molecular weight excluding hydrogens is 228 g/mol. The molecule has 2 aromatic carbocycles. The van der Waals surface area contributed by atoms with Gasteiger partial charge in [-0.3, -0.25) is 0 Å². The summed E-state index contributed by atoms with van der Waals surface area (Å²) < 4.78 is 0. The third kappa shape index (κ3) is 3.23. The van der Waals surface area contributed by atoms with E-state index in [1.165, 1.54) is 27.1 Å². The van der Waals surface area contributed by atoms with Crippen molar-refractivity contribution < 1.29 is 0 Å². The van der Waals surface area contributed by atoms with Crippen molar-refractivity contribution in [1.29, 1.82) is 0 Å². The molecule has 0 fully saturated rings. The molecule has 0 bridgehead atoms. The van der Waals surface area contributed by atoms with Crippen LogP contribution in [0.4, 0.5) is 0 Å². The SMILES string of the molecule is C=C(/C=c1/cccc/c1=C/C)c1cc(C)cc(C)c1. The second-order valence-electron chi connectivity index (χ2n) is 4.96. The van der Waals surface area contributed by atoms with Gasteiger partial charge >= 0.3 is 0 Å². The first-order valence-corrected chi connectivity index (χ1v) is 6.61. The predicted molar refractivity (Wildman–Crippen MR) is 85.2 cm³/mol. The highest BCUT2D eigenvalue weighted by molar-refractivity contribution is 5.87. The molecule has 0 atom stereocenters. The molecule has 2 aromatic rings. The predicted octanol–water partition coefficient (Wildman–Crippen LogP) is 3.60. The molecule has 19 heavy (non-hydrogen) atoms. The van der Waals surface area contributed by atoms with E-state index in [-0.39, 0.29) is 0 Å². The molecule has 0 radical (unpaired) electrons. The van der Waals surface area contributed by atoms with E-state index in [0.717, 1.165) is 5.57 Å². The molecule has 96 valence electrons. The molecule has 0 aliphatic rings. The van der Waals surface area contributed by atoms with Gasteiger partial charge in [-0.05, 0) is 48.4 Å². The number of hydrogen-bond acceptors (Lipinski definition) is 0. The standard InChI is InChI=1S/C19H20/c1-5-17-8-6-7-9-18(17)13-16(4)19-11-14(2)10-15(3)12-19/h5-13H,4H2,1-3H3/b17-5-,18-13-. The topological polar surface area (TPSA) is 0 Å². The van der Waals surface area contributed by atoms with Gasteiger partial charge in [-0.15, -0.1) is 0 Å². The summed E-state index contributed by atoms with van der Waals surface area (Å²) in [5, 5.41) is 2.46. The molecule has 2 rings (SSSR count). The summed E-state index contributed by atoms with van der Waals surface area (Å²) in [6, 6.07) is 14.9. The Hall–Kier alpha value is -2.08. The third-order valence-corrected chi connectivity index (χ3v) is 3.23. The van der Waals surface area contributed by atoms with Crippen LogP contribution in [0.5, 0.6) is 0 Å². The summed E-state index contributed by atoms with van der Waals surface area (Å²) >= 11 is 0. The highest BCUT2D eigenvalue weighted by Crippen LogP contribution is 2.17. The Kier molecular flexibility index (Phi) is 4.01. The van der Waals surface area contributed by atoms with Crippen molar-refractivity contribution in [3.63, 3.8) is 0 Å². The first kappa shape index (κ1) is 13.4. The minimum atomic E-state index is 1.06. The van der Waals surface area contributed by atoms with Crippen LogP contribution in [0.2, 0.25) is 0 Å². The van der Waals surface area contributed by atoms with Gasteiger partial charge in [0.2, 0.25) is 0 Å². The van der Waals surface area contributed by atoms with E-state index in [4.69, 9.17) is 0 Å². The average molecular weight is 248 g/mol. The van der Waals surface area contributed by atoms with Crippen molar-refractivity contribution in [2.45, 2.75) is 20.8 Å². The van der Waals surface area contributed by atoms with Crippen LogP contribution >= 0.6 is 0 Å². The van der Waals surface area contributed by atoms with Gasteiger partial charge in [0.15, 0.2) is 0 Å². The fourth-order valence-electron chi connectivity index (χ4n) is 2.34. The quantitative estimate of drug-likeness (QED) is 0.762. The smallest absolute Gasteiger partial charge is 0.0181 e. The monoisotopic (exact) mass is 248 g/mol. The van der Waals surface area contributed by atoms with Crippen LogP contribution < -0.4 is 10.4 Å². The lowest BCUT2D eigenvalue weighted by atomic mass is 10.0. The van der Waals surface area contributed by atoms with Crippen LogP contribution in [0.25, 0.3) is 17.7 Å². The molecule has 0 saturated heterocycles. The van der Waals surface area contributed by atoms with Crippen molar-refractivity contribution in [2.75, 3.05) is 0 Å². The highest BCUT2D eigenvalue weighted by Gasteiger charge is 1.98. The minimum Gasteiger partial charge on any atom is -0.0911 e. The number of hydrogen-bond donors (Lipinski definition) is 0. The molecule has 0 heterocycles. The van der Waals surface area contributed by atoms with Crippen molar-refractivity contribution in [2.24, 2.45) is 0 Å². The van der Waals surface area contributed by atoms with Crippen LogP contribution in [0.3, 0.4) is 0 Å². The van der Waals surface area contributed by atoms with Crippen molar-refractivity contribution in [1.82, 2.24) is 0 Å². The number of allylic oxidation sites excluding steroid dienone is 1. The maximum Gasteiger partial charge on any atom is -0.0181 e. The normalized spacial score (nSPS) is 12.8. The van der Waals surface area contributed by atoms with E-state index < -0.39 is 0 Å². The Morgan fingerprint density at radius 2 is 1.53 bits per heavy atom. The summed E-state index contributed by atoms with van der Waals surface area (Å²) in [5.41, 5.74) is 4.81. The maximum absolute atomic E-state index is 4.21. The van der Waals surface area contributed by atoms with Crippen LogP contribution in [-0.4, -0.2) is 0 Å². The van der Waals surface area contributed by atoms with E-state index in [1.807, 2.05) is 0 Å². The Morgan fingerprint density at radius 3 is 2.11 bits per heavy atom. The summed E-state index contributed by atoms with van der Waals surface area (Å²) in [7, 11) is 0. The van der Waals surface area contributed by atoms with E-state index >= 15 is 0 Å². The van der Waals surface area contributed by atoms with E-state index in [2.05, 4.69) is 82.0 Å². The lowest BCUT2D eigenvalue weighted by Gasteiger charge is -2.05. The summed E-state index contributed by atoms with van der Waals surface area (Å²) in [5.74, 6) is 0. The lowest BCUT2D eigenvalue weighted by Crippen LogP contribution is -2.23. The van der Waals surface area contributed by atoms with Gasteiger partial charge in [0, 0.05) is 0 Å². The van der Waals surface area contributed by atoms with Crippen molar-refractivity contribution in [3.05, 3.63) is 76.2 Å². The zero-order valence-corrected chi connectivity index (χ0v) is 11.9. The molecule has 0 amide bonds. The van der Waals surface area contributed by atoms with Crippen LogP contribution in [0.15, 0.2) is 49.0 Å². The Balaban J connectivity index is 2.51. The Bertz CT molecular complexity index is 698. The maximum atomic E-state index is 4.21. The molecule has 0 spiro atoms. The summed E-state index contributed by atoms with van der Waals surface area (Å²) in [6.07, 6.45) is 4.28. The second-order valence-corrected chi connectivity index (χ2v) is 4.96. The molecule has 0 saturated carbocycles. The molecule has 0 heteroatoms.